The van der Waals surface area contributed by atoms with Gasteiger partial charge >= 0.3 is 0 Å². The second-order valence-corrected chi connectivity index (χ2v) is 8.33. The van der Waals surface area contributed by atoms with Gasteiger partial charge in [0.1, 0.15) is 12.1 Å². The zero-order valence-corrected chi connectivity index (χ0v) is 16.2. The number of carbonyl (C=O) groups is 1. The van der Waals surface area contributed by atoms with Crippen LogP contribution >= 0.6 is 0 Å². The van der Waals surface area contributed by atoms with Crippen molar-refractivity contribution in [3.63, 3.8) is 0 Å². The van der Waals surface area contributed by atoms with Crippen molar-refractivity contribution < 1.29 is 13.2 Å². The largest absolute Gasteiger partial charge is 0.373 e. The Morgan fingerprint density at radius 2 is 1.96 bits per heavy atom. The van der Waals surface area contributed by atoms with Gasteiger partial charge in [-0.05, 0) is 43.0 Å². The van der Waals surface area contributed by atoms with Crippen molar-refractivity contribution in [3.05, 3.63) is 59.7 Å². The molecule has 2 aromatic carbocycles. The van der Waals surface area contributed by atoms with Crippen LogP contribution in [-0.4, -0.2) is 38.4 Å². The summed E-state index contributed by atoms with van der Waals surface area (Å²) in [4.78, 5) is 14.3. The van der Waals surface area contributed by atoms with Crippen LogP contribution < -0.4 is 10.5 Å². The molecule has 3 N–H and O–H groups in total. The lowest BCUT2D eigenvalue weighted by molar-refractivity contribution is -0.128. The van der Waals surface area contributed by atoms with E-state index in [4.69, 9.17) is 5.14 Å². The molecule has 0 saturated carbocycles. The second-order valence-electron chi connectivity index (χ2n) is 6.76. The Bertz CT molecular complexity index is 1000. The van der Waals surface area contributed by atoms with E-state index in [1.165, 1.54) is 23.8 Å². The summed E-state index contributed by atoms with van der Waals surface area (Å²) >= 11 is 0. The summed E-state index contributed by atoms with van der Waals surface area (Å²) in [6, 6.07) is 15.7. The fourth-order valence-electron chi connectivity index (χ4n) is 3.32. The minimum Gasteiger partial charge on any atom is -0.373 e. The van der Waals surface area contributed by atoms with Gasteiger partial charge < -0.3 is 10.2 Å². The van der Waals surface area contributed by atoms with E-state index in [-0.39, 0.29) is 16.4 Å². The molecule has 0 bridgehead atoms. The predicted octanol–water partition coefficient (Wildman–Crippen LogP) is 1.85. The topological polar surface area (TPSA) is 116 Å². The predicted molar refractivity (Wildman–Crippen MR) is 106 cm³/mol. The van der Waals surface area contributed by atoms with Crippen LogP contribution in [0.2, 0.25) is 0 Å². The third-order valence-electron chi connectivity index (χ3n) is 4.80. The Kier molecular flexibility index (Phi) is 5.97. The van der Waals surface area contributed by atoms with Gasteiger partial charge in [-0.3, -0.25) is 4.79 Å². The lowest BCUT2D eigenvalue weighted by Crippen LogP contribution is -2.34. The fourth-order valence-corrected chi connectivity index (χ4v) is 3.86. The molecule has 8 heteroatoms. The van der Waals surface area contributed by atoms with Crippen molar-refractivity contribution in [2.45, 2.75) is 30.2 Å². The number of hydrogen-bond donors (Lipinski definition) is 2. The van der Waals surface area contributed by atoms with Crippen molar-refractivity contribution in [3.8, 4) is 6.07 Å². The van der Waals surface area contributed by atoms with Gasteiger partial charge in [0.05, 0.1) is 16.1 Å². The molecule has 0 spiro atoms. The number of nitrogens with two attached hydrogens (primary N) is 1. The lowest BCUT2D eigenvalue weighted by atomic mass is 10.1. The molecule has 28 heavy (non-hydrogen) atoms. The zero-order chi connectivity index (χ0) is 20.1. The fraction of sp³-hybridized carbons (Fsp3) is 0.300. The van der Waals surface area contributed by atoms with E-state index in [2.05, 4.69) is 17.4 Å². The van der Waals surface area contributed by atoms with Crippen molar-refractivity contribution in [2.24, 2.45) is 5.14 Å². The average Bonchev–Trinajstić information content (AvgIpc) is 3.02. The summed E-state index contributed by atoms with van der Waals surface area (Å²) in [6.07, 6.45) is 2.43. The highest BCUT2D eigenvalue weighted by Crippen LogP contribution is 2.23. The summed E-state index contributed by atoms with van der Waals surface area (Å²) in [5.41, 5.74) is 1.82. The molecule has 1 aliphatic heterocycles. The number of likely N-dealkylation sites (tertiary alicyclic amines) is 1. The summed E-state index contributed by atoms with van der Waals surface area (Å²) in [5.74, 6) is -0.00697. The number of sulfonamides is 1. The molecule has 0 radical (unpaired) electrons. The van der Waals surface area contributed by atoms with Gasteiger partial charge in [0.15, 0.2) is 0 Å². The van der Waals surface area contributed by atoms with Crippen LogP contribution in [0.3, 0.4) is 0 Å². The summed E-state index contributed by atoms with van der Waals surface area (Å²) < 4.78 is 22.9. The average molecular weight is 398 g/mol. The van der Waals surface area contributed by atoms with Gasteiger partial charge in [0.25, 0.3) is 0 Å². The number of carbonyl (C=O) groups excluding carboxylic acids is 1. The van der Waals surface area contributed by atoms with E-state index in [1.54, 1.807) is 0 Å². The third kappa shape index (κ3) is 4.68. The molecule has 1 unspecified atom stereocenters. The number of rotatable bonds is 7. The SMILES string of the molecule is N#Cc1cc(S(N)(=O)=O)ccc1NC1CCN(CCCc2ccccc2)C1=O. The third-order valence-corrected chi connectivity index (χ3v) is 5.71. The van der Waals surface area contributed by atoms with Crippen LogP contribution in [0.15, 0.2) is 53.4 Å². The number of benzene rings is 2. The number of aryl methyl sites for hydroxylation is 1. The van der Waals surface area contributed by atoms with E-state index in [0.717, 1.165) is 12.8 Å². The molecule has 2 aromatic rings. The van der Waals surface area contributed by atoms with Gasteiger partial charge in [-0.25, -0.2) is 13.6 Å². The number of nitrogens with zero attached hydrogens (tertiary/aromatic N) is 2. The van der Waals surface area contributed by atoms with E-state index in [1.807, 2.05) is 29.2 Å². The number of nitriles is 1. The van der Waals surface area contributed by atoms with E-state index < -0.39 is 16.1 Å². The van der Waals surface area contributed by atoms with Crippen molar-refractivity contribution in [1.82, 2.24) is 4.90 Å². The summed E-state index contributed by atoms with van der Waals surface area (Å²) in [7, 11) is -3.89. The maximum Gasteiger partial charge on any atom is 0.245 e. The zero-order valence-electron chi connectivity index (χ0n) is 15.3. The first kappa shape index (κ1) is 19.9. The normalized spacial score (nSPS) is 16.8. The van der Waals surface area contributed by atoms with Crippen LogP contribution in [0.25, 0.3) is 0 Å². The molecule has 1 amide bonds. The molecule has 3 rings (SSSR count). The Hall–Kier alpha value is -2.89. The van der Waals surface area contributed by atoms with E-state index >= 15 is 0 Å². The van der Waals surface area contributed by atoms with Crippen LogP contribution in [0.4, 0.5) is 5.69 Å². The molecule has 1 atom stereocenters. The summed E-state index contributed by atoms with van der Waals surface area (Å²) in [6.45, 7) is 1.34. The highest BCUT2D eigenvalue weighted by molar-refractivity contribution is 7.89. The Balaban J connectivity index is 1.60. The molecule has 1 saturated heterocycles. The van der Waals surface area contributed by atoms with Crippen molar-refractivity contribution in [2.75, 3.05) is 18.4 Å². The minimum atomic E-state index is -3.89. The molecule has 146 valence electrons. The number of amides is 1. The maximum atomic E-state index is 12.6. The first-order chi connectivity index (χ1) is 13.4. The smallest absolute Gasteiger partial charge is 0.245 e. The van der Waals surface area contributed by atoms with Crippen LogP contribution in [-0.2, 0) is 21.2 Å². The first-order valence-corrected chi connectivity index (χ1v) is 10.6. The first-order valence-electron chi connectivity index (χ1n) is 9.04. The highest BCUT2D eigenvalue weighted by atomic mass is 32.2. The molecule has 0 aliphatic carbocycles. The van der Waals surface area contributed by atoms with E-state index in [9.17, 15) is 18.5 Å². The second kappa shape index (κ2) is 8.42. The van der Waals surface area contributed by atoms with Gasteiger partial charge in [-0.1, -0.05) is 30.3 Å². The van der Waals surface area contributed by atoms with Crippen molar-refractivity contribution in [1.29, 1.82) is 5.26 Å². The van der Waals surface area contributed by atoms with Crippen LogP contribution in [0.1, 0.15) is 24.0 Å². The Labute approximate surface area is 164 Å². The maximum absolute atomic E-state index is 12.6. The van der Waals surface area contributed by atoms with Crippen LogP contribution in [0.5, 0.6) is 0 Å². The van der Waals surface area contributed by atoms with E-state index in [0.29, 0.717) is 25.2 Å². The van der Waals surface area contributed by atoms with Gasteiger partial charge in [0, 0.05) is 13.1 Å². The summed E-state index contributed by atoms with van der Waals surface area (Å²) in [5, 5.41) is 17.5. The number of nitrogens with one attached hydrogen (secondary N) is 1. The molecular weight excluding hydrogens is 376 g/mol. The van der Waals surface area contributed by atoms with Crippen LogP contribution in [0, 0.1) is 11.3 Å². The molecule has 0 aromatic heterocycles. The van der Waals surface area contributed by atoms with Gasteiger partial charge in [-0.2, -0.15) is 5.26 Å². The highest BCUT2D eigenvalue weighted by Gasteiger charge is 2.31. The van der Waals surface area contributed by atoms with Crippen molar-refractivity contribution >= 4 is 21.6 Å². The quantitative estimate of drug-likeness (QED) is 0.738. The molecule has 1 aliphatic rings. The molecule has 1 fully saturated rings. The minimum absolute atomic E-state index is 0.00697. The van der Waals surface area contributed by atoms with Gasteiger partial charge in [0.2, 0.25) is 15.9 Å². The molecular formula is C20H22N4O3S. The molecule has 1 heterocycles. The number of hydrogen-bond acceptors (Lipinski definition) is 5. The standard InChI is InChI=1S/C20H22N4O3S/c21-14-16-13-17(28(22,26)27)8-9-18(16)23-19-10-12-24(20(19)25)11-4-7-15-5-2-1-3-6-15/h1-3,5-6,8-9,13,19,23H,4,7,10-12H2,(H2,22,26,27). The monoisotopic (exact) mass is 398 g/mol. The Morgan fingerprint density at radius 1 is 1.21 bits per heavy atom. The number of primary sulfonamides is 1. The molecule has 7 nitrogen and oxygen atoms in total. The number of anilines is 1. The van der Waals surface area contributed by atoms with Gasteiger partial charge in [-0.15, -0.1) is 0 Å². The lowest BCUT2D eigenvalue weighted by Gasteiger charge is -2.18. The Morgan fingerprint density at radius 3 is 2.64 bits per heavy atom.